The summed E-state index contributed by atoms with van der Waals surface area (Å²) in [5.74, 6) is -0.0822. The number of nitrogens with one attached hydrogen (secondary N) is 1. The summed E-state index contributed by atoms with van der Waals surface area (Å²) < 4.78 is 12.4. The molecule has 3 amide bonds. The highest BCUT2D eigenvalue weighted by Crippen LogP contribution is 2.40. The Balaban J connectivity index is 1.48. The van der Waals surface area contributed by atoms with Gasteiger partial charge in [0.1, 0.15) is 13.2 Å². The van der Waals surface area contributed by atoms with Crippen molar-refractivity contribution in [3.8, 4) is 11.5 Å². The molecule has 3 aromatic carbocycles. The molecule has 202 valence electrons. The molecule has 1 saturated heterocycles. The Kier molecular flexibility index (Phi) is 9.61. The van der Waals surface area contributed by atoms with Crippen LogP contribution in [-0.2, 0) is 16.2 Å². The minimum Gasteiger partial charge on any atom is -0.490 e. The van der Waals surface area contributed by atoms with Crippen molar-refractivity contribution in [3.05, 3.63) is 90.7 Å². The number of hydrogen-bond donors (Lipinski definition) is 1. The molecule has 0 bridgehead atoms. The molecule has 11 heteroatoms. The SMILES string of the molecule is CCOc1cc(/C=C2/SC(=O)N(CC(=O)Nc3ccc(C)cc3)C2=O)cc(Br)c1OCc1ccc(Cl)c(Cl)c1. The fourth-order valence-corrected chi connectivity index (χ4v) is 5.36. The van der Waals surface area contributed by atoms with E-state index in [1.165, 1.54) is 0 Å². The molecule has 0 aliphatic carbocycles. The molecule has 1 fully saturated rings. The van der Waals surface area contributed by atoms with Gasteiger partial charge in [-0.25, -0.2) is 0 Å². The van der Waals surface area contributed by atoms with E-state index >= 15 is 0 Å². The highest BCUT2D eigenvalue weighted by Gasteiger charge is 2.36. The number of carbonyl (C=O) groups excluding carboxylic acids is 3. The lowest BCUT2D eigenvalue weighted by Crippen LogP contribution is -2.36. The van der Waals surface area contributed by atoms with E-state index in [0.29, 0.717) is 43.9 Å². The molecular formula is C28H23BrCl2N2O5S. The zero-order valence-corrected chi connectivity index (χ0v) is 24.8. The lowest BCUT2D eigenvalue weighted by Gasteiger charge is -2.15. The van der Waals surface area contributed by atoms with Gasteiger partial charge in [-0.2, -0.15) is 0 Å². The predicted molar refractivity (Wildman–Crippen MR) is 159 cm³/mol. The number of halogens is 3. The lowest BCUT2D eigenvalue weighted by molar-refractivity contribution is -0.127. The summed E-state index contributed by atoms with van der Waals surface area (Å²) in [6, 6.07) is 15.9. The van der Waals surface area contributed by atoms with Gasteiger partial charge in [0.25, 0.3) is 11.1 Å². The number of benzene rings is 3. The van der Waals surface area contributed by atoms with E-state index in [1.54, 1.807) is 42.5 Å². The molecule has 7 nitrogen and oxygen atoms in total. The first-order valence-electron chi connectivity index (χ1n) is 11.8. The summed E-state index contributed by atoms with van der Waals surface area (Å²) in [6.45, 7) is 4.00. The van der Waals surface area contributed by atoms with Gasteiger partial charge >= 0.3 is 0 Å². The summed E-state index contributed by atoms with van der Waals surface area (Å²) in [6.07, 6.45) is 1.58. The maximum atomic E-state index is 13.0. The Morgan fingerprint density at radius 3 is 2.49 bits per heavy atom. The van der Waals surface area contributed by atoms with Gasteiger partial charge in [0.2, 0.25) is 5.91 Å². The molecule has 4 rings (SSSR count). The third kappa shape index (κ3) is 7.36. The summed E-state index contributed by atoms with van der Waals surface area (Å²) >= 11 is 16.4. The smallest absolute Gasteiger partial charge is 0.294 e. The van der Waals surface area contributed by atoms with Crippen molar-refractivity contribution in [2.24, 2.45) is 0 Å². The van der Waals surface area contributed by atoms with Gasteiger partial charge in [0.15, 0.2) is 11.5 Å². The van der Waals surface area contributed by atoms with Crippen molar-refractivity contribution in [2.75, 3.05) is 18.5 Å². The van der Waals surface area contributed by atoms with Crippen molar-refractivity contribution in [1.82, 2.24) is 4.90 Å². The summed E-state index contributed by atoms with van der Waals surface area (Å²) in [7, 11) is 0. The van der Waals surface area contributed by atoms with E-state index in [1.807, 2.05) is 32.0 Å². The van der Waals surface area contributed by atoms with E-state index in [0.717, 1.165) is 27.8 Å². The molecule has 1 aliphatic heterocycles. The van der Waals surface area contributed by atoms with E-state index in [4.69, 9.17) is 32.7 Å². The zero-order chi connectivity index (χ0) is 28.1. The molecule has 39 heavy (non-hydrogen) atoms. The molecule has 1 aliphatic rings. The van der Waals surface area contributed by atoms with E-state index in [-0.39, 0.29) is 18.1 Å². The van der Waals surface area contributed by atoms with E-state index in [2.05, 4.69) is 21.2 Å². The van der Waals surface area contributed by atoms with Crippen molar-refractivity contribution in [3.63, 3.8) is 0 Å². The second-order valence-electron chi connectivity index (χ2n) is 8.48. The number of amides is 3. The number of rotatable bonds is 9. The lowest BCUT2D eigenvalue weighted by atomic mass is 10.1. The van der Waals surface area contributed by atoms with Crippen molar-refractivity contribution in [2.45, 2.75) is 20.5 Å². The van der Waals surface area contributed by atoms with Crippen LogP contribution in [0.25, 0.3) is 6.08 Å². The third-order valence-electron chi connectivity index (χ3n) is 5.51. The highest BCUT2D eigenvalue weighted by molar-refractivity contribution is 9.10. The molecule has 0 aromatic heterocycles. The van der Waals surface area contributed by atoms with E-state index in [9.17, 15) is 14.4 Å². The quantitative estimate of drug-likeness (QED) is 0.239. The Morgan fingerprint density at radius 1 is 1.05 bits per heavy atom. The largest absolute Gasteiger partial charge is 0.490 e. The fourth-order valence-electron chi connectivity index (χ4n) is 3.63. The number of aryl methyl sites for hydroxylation is 1. The monoisotopic (exact) mass is 648 g/mol. The zero-order valence-electron chi connectivity index (χ0n) is 20.9. The number of thioether (sulfide) groups is 1. The van der Waals surface area contributed by atoms with Gasteiger partial charge in [-0.3, -0.25) is 19.3 Å². The molecule has 3 aromatic rings. The third-order valence-corrected chi connectivity index (χ3v) is 7.74. The number of nitrogens with zero attached hydrogens (tertiary/aromatic N) is 1. The van der Waals surface area contributed by atoms with Crippen molar-refractivity contribution >= 4 is 79.7 Å². The number of anilines is 1. The van der Waals surface area contributed by atoms with Crippen LogP contribution in [0.5, 0.6) is 11.5 Å². The molecule has 0 saturated carbocycles. The topological polar surface area (TPSA) is 84.9 Å². The van der Waals surface area contributed by atoms with Crippen molar-refractivity contribution in [1.29, 1.82) is 0 Å². The van der Waals surface area contributed by atoms with E-state index < -0.39 is 17.1 Å². The fraction of sp³-hybridized carbons (Fsp3) is 0.179. The minimum atomic E-state index is -0.543. The predicted octanol–water partition coefficient (Wildman–Crippen LogP) is 7.72. The Bertz CT molecular complexity index is 1460. The molecule has 1 N–H and O–H groups in total. The Labute approximate surface area is 248 Å². The molecule has 1 heterocycles. The average molecular weight is 650 g/mol. The normalized spacial score (nSPS) is 14.2. The molecular weight excluding hydrogens is 627 g/mol. The van der Waals surface area contributed by atoms with Gasteiger partial charge in [-0.1, -0.05) is 47.0 Å². The summed E-state index contributed by atoms with van der Waals surface area (Å²) in [5.41, 5.74) is 3.07. The number of imide groups is 1. The second kappa shape index (κ2) is 12.9. The minimum absolute atomic E-state index is 0.196. The first kappa shape index (κ1) is 29.0. The van der Waals surface area contributed by atoms with Crippen LogP contribution in [0, 0.1) is 6.92 Å². The number of hydrogen-bond acceptors (Lipinski definition) is 6. The van der Waals surface area contributed by atoms with Crippen LogP contribution in [0.3, 0.4) is 0 Å². The standard InChI is InChI=1S/C28H23BrCl2N2O5S/c1-3-37-23-12-18(10-20(29)26(23)38-15-17-6-9-21(30)22(31)11-17)13-24-27(35)33(28(36)39-24)14-25(34)32-19-7-4-16(2)5-8-19/h4-13H,3,14-15H2,1-2H3,(H,32,34)/b24-13+. The van der Waals surface area contributed by atoms with Gasteiger partial charge in [-0.15, -0.1) is 0 Å². The molecule has 0 atom stereocenters. The van der Waals surface area contributed by atoms with Gasteiger partial charge in [0, 0.05) is 5.69 Å². The maximum absolute atomic E-state index is 13.0. The maximum Gasteiger partial charge on any atom is 0.294 e. The molecule has 0 unspecified atom stereocenters. The van der Waals surface area contributed by atoms with Gasteiger partial charge in [-0.05, 0) is 95.1 Å². The number of carbonyl (C=O) groups is 3. The first-order valence-corrected chi connectivity index (χ1v) is 14.2. The van der Waals surface area contributed by atoms with Crippen LogP contribution in [0.1, 0.15) is 23.6 Å². The van der Waals surface area contributed by atoms with Gasteiger partial charge in [0.05, 0.1) is 26.0 Å². The van der Waals surface area contributed by atoms with Crippen LogP contribution in [0.2, 0.25) is 10.0 Å². The van der Waals surface area contributed by atoms with Crippen LogP contribution in [-0.4, -0.2) is 35.1 Å². The number of ether oxygens (including phenoxy) is 2. The van der Waals surface area contributed by atoms with Crippen LogP contribution in [0.4, 0.5) is 10.5 Å². The first-order chi connectivity index (χ1) is 18.6. The summed E-state index contributed by atoms with van der Waals surface area (Å²) in [4.78, 5) is 39.1. The average Bonchev–Trinajstić information content (AvgIpc) is 3.14. The van der Waals surface area contributed by atoms with Crippen LogP contribution < -0.4 is 14.8 Å². The highest BCUT2D eigenvalue weighted by atomic mass is 79.9. The Hall–Kier alpha value is -2.98. The summed E-state index contributed by atoms with van der Waals surface area (Å²) in [5, 5.41) is 3.07. The van der Waals surface area contributed by atoms with Crippen LogP contribution >= 0.6 is 50.9 Å². The van der Waals surface area contributed by atoms with Crippen LogP contribution in [0.15, 0.2) is 64.0 Å². The van der Waals surface area contributed by atoms with Crippen molar-refractivity contribution < 1.29 is 23.9 Å². The molecule has 0 radical (unpaired) electrons. The Morgan fingerprint density at radius 2 is 1.79 bits per heavy atom. The molecule has 0 spiro atoms. The second-order valence-corrected chi connectivity index (χ2v) is 11.1. The van der Waals surface area contributed by atoms with Gasteiger partial charge < -0.3 is 14.8 Å².